The predicted molar refractivity (Wildman–Crippen MR) is 78.4 cm³/mol. The number of nitrogens with two attached hydrogens (primary N) is 1. The largest absolute Gasteiger partial charge is 0.467 e. The van der Waals surface area contributed by atoms with Crippen molar-refractivity contribution in [2.45, 2.75) is 25.4 Å². The van der Waals surface area contributed by atoms with Crippen LogP contribution in [0.3, 0.4) is 0 Å². The number of H-pyrrole nitrogens is 1. The number of benzene rings is 1. The summed E-state index contributed by atoms with van der Waals surface area (Å²) in [5.41, 5.74) is 9.09. The van der Waals surface area contributed by atoms with Gasteiger partial charge in [-0.2, -0.15) is 5.10 Å². The van der Waals surface area contributed by atoms with Gasteiger partial charge in [0.1, 0.15) is 5.76 Å². The maximum Gasteiger partial charge on any atom is 0.123 e. The van der Waals surface area contributed by atoms with Crippen LogP contribution in [0.2, 0.25) is 0 Å². The summed E-state index contributed by atoms with van der Waals surface area (Å²) in [5, 5.41) is 8.11. The molecule has 0 aliphatic heterocycles. The van der Waals surface area contributed by atoms with E-state index >= 15 is 0 Å². The van der Waals surface area contributed by atoms with Gasteiger partial charge in [-0.3, -0.25) is 5.10 Å². The predicted octanol–water partition coefficient (Wildman–Crippen LogP) is 2.91. The Bertz CT molecular complexity index is 728. The molecule has 0 atom stereocenters. The summed E-state index contributed by atoms with van der Waals surface area (Å²) in [4.78, 5) is 2.33. The third kappa shape index (κ3) is 1.91. The van der Waals surface area contributed by atoms with Gasteiger partial charge >= 0.3 is 0 Å². The monoisotopic (exact) mass is 268 g/mol. The van der Waals surface area contributed by atoms with Crippen molar-refractivity contribution < 1.29 is 4.42 Å². The van der Waals surface area contributed by atoms with Crippen molar-refractivity contribution in [3.05, 3.63) is 42.5 Å². The Kier molecular flexibility index (Phi) is 2.45. The van der Waals surface area contributed by atoms with Crippen molar-refractivity contribution in [3.63, 3.8) is 0 Å². The SMILES string of the molecule is Nc1cc2cn[nH]c2cc1N(Cc1ccco1)C1CC1. The van der Waals surface area contributed by atoms with Crippen molar-refractivity contribution in [2.24, 2.45) is 0 Å². The van der Waals surface area contributed by atoms with Gasteiger partial charge in [0.2, 0.25) is 0 Å². The molecule has 4 rings (SSSR count). The van der Waals surface area contributed by atoms with Crippen molar-refractivity contribution >= 4 is 22.3 Å². The number of hydrogen-bond donors (Lipinski definition) is 2. The third-order valence-electron chi connectivity index (χ3n) is 3.79. The molecule has 0 unspecified atom stereocenters. The zero-order valence-electron chi connectivity index (χ0n) is 11.0. The van der Waals surface area contributed by atoms with E-state index in [-0.39, 0.29) is 0 Å². The van der Waals surface area contributed by atoms with Gasteiger partial charge in [-0.1, -0.05) is 0 Å². The minimum absolute atomic E-state index is 0.558. The fraction of sp³-hybridized carbons (Fsp3) is 0.267. The molecular weight excluding hydrogens is 252 g/mol. The summed E-state index contributed by atoms with van der Waals surface area (Å²) < 4.78 is 5.47. The van der Waals surface area contributed by atoms with E-state index in [1.807, 2.05) is 18.2 Å². The molecule has 0 radical (unpaired) electrons. The fourth-order valence-electron chi connectivity index (χ4n) is 2.61. The van der Waals surface area contributed by atoms with E-state index < -0.39 is 0 Å². The Morgan fingerprint density at radius 2 is 2.30 bits per heavy atom. The van der Waals surface area contributed by atoms with Crippen molar-refractivity contribution in [3.8, 4) is 0 Å². The molecule has 1 fully saturated rings. The number of hydrogen-bond acceptors (Lipinski definition) is 4. The second kappa shape index (κ2) is 4.30. The third-order valence-corrected chi connectivity index (χ3v) is 3.79. The van der Waals surface area contributed by atoms with Gasteiger partial charge in [0.25, 0.3) is 0 Å². The second-order valence-electron chi connectivity index (χ2n) is 5.31. The topological polar surface area (TPSA) is 71.1 Å². The first-order valence-corrected chi connectivity index (χ1v) is 6.83. The van der Waals surface area contributed by atoms with Gasteiger partial charge in [-0.15, -0.1) is 0 Å². The van der Waals surface area contributed by atoms with Crippen LogP contribution in [0.4, 0.5) is 11.4 Å². The van der Waals surface area contributed by atoms with Crippen LogP contribution in [0.15, 0.2) is 41.1 Å². The highest BCUT2D eigenvalue weighted by molar-refractivity contribution is 5.89. The number of rotatable bonds is 4. The molecule has 2 heterocycles. The Labute approximate surface area is 116 Å². The molecule has 2 aromatic heterocycles. The van der Waals surface area contributed by atoms with Gasteiger partial charge in [0.15, 0.2) is 0 Å². The standard InChI is InChI=1S/C15H16N4O/c16-13-6-10-8-17-18-14(10)7-15(13)19(11-3-4-11)9-12-2-1-5-20-12/h1-2,5-8,11H,3-4,9,16H2,(H,17,18). The van der Waals surface area contributed by atoms with Gasteiger partial charge in [0, 0.05) is 11.4 Å². The first-order chi connectivity index (χ1) is 9.81. The first kappa shape index (κ1) is 11.4. The highest BCUT2D eigenvalue weighted by Crippen LogP contribution is 2.37. The Hall–Kier alpha value is -2.43. The quantitative estimate of drug-likeness (QED) is 0.714. The Morgan fingerprint density at radius 1 is 1.40 bits per heavy atom. The number of anilines is 2. The van der Waals surface area contributed by atoms with Crippen LogP contribution in [0, 0.1) is 0 Å². The maximum atomic E-state index is 6.23. The van der Waals surface area contributed by atoms with E-state index in [0.29, 0.717) is 6.04 Å². The van der Waals surface area contributed by atoms with E-state index in [2.05, 4.69) is 21.2 Å². The molecule has 0 saturated heterocycles. The lowest BCUT2D eigenvalue weighted by Crippen LogP contribution is -2.25. The lowest BCUT2D eigenvalue weighted by atomic mass is 10.2. The maximum absolute atomic E-state index is 6.23. The molecule has 1 aliphatic rings. The van der Waals surface area contributed by atoms with Gasteiger partial charge < -0.3 is 15.1 Å². The van der Waals surface area contributed by atoms with Crippen LogP contribution in [0.25, 0.3) is 10.9 Å². The molecule has 3 aromatic rings. The van der Waals surface area contributed by atoms with E-state index in [4.69, 9.17) is 10.2 Å². The first-order valence-electron chi connectivity index (χ1n) is 6.83. The number of aromatic amines is 1. The van der Waals surface area contributed by atoms with Crippen LogP contribution in [-0.4, -0.2) is 16.2 Å². The molecule has 5 heteroatoms. The number of aromatic nitrogens is 2. The van der Waals surface area contributed by atoms with Crippen molar-refractivity contribution in [2.75, 3.05) is 10.6 Å². The highest BCUT2D eigenvalue weighted by atomic mass is 16.3. The van der Waals surface area contributed by atoms with E-state index in [1.165, 1.54) is 12.8 Å². The van der Waals surface area contributed by atoms with Crippen LogP contribution in [0.5, 0.6) is 0 Å². The summed E-state index contributed by atoms with van der Waals surface area (Å²) in [6.45, 7) is 0.751. The number of nitrogens with zero attached hydrogens (tertiary/aromatic N) is 2. The van der Waals surface area contributed by atoms with Crippen LogP contribution < -0.4 is 10.6 Å². The second-order valence-corrected chi connectivity index (χ2v) is 5.31. The van der Waals surface area contributed by atoms with Gasteiger partial charge in [-0.25, -0.2) is 0 Å². The Morgan fingerprint density at radius 3 is 3.05 bits per heavy atom. The molecule has 1 aliphatic carbocycles. The summed E-state index contributed by atoms with van der Waals surface area (Å²) in [7, 11) is 0. The molecule has 1 saturated carbocycles. The van der Waals surface area contributed by atoms with Gasteiger partial charge in [-0.05, 0) is 37.1 Å². The van der Waals surface area contributed by atoms with Crippen LogP contribution in [0.1, 0.15) is 18.6 Å². The zero-order chi connectivity index (χ0) is 13.5. The minimum atomic E-state index is 0.558. The molecule has 0 amide bonds. The summed E-state index contributed by atoms with van der Waals surface area (Å²) in [6, 6.07) is 8.54. The molecule has 20 heavy (non-hydrogen) atoms. The fourth-order valence-corrected chi connectivity index (χ4v) is 2.61. The van der Waals surface area contributed by atoms with Crippen LogP contribution >= 0.6 is 0 Å². The highest BCUT2D eigenvalue weighted by Gasteiger charge is 2.31. The minimum Gasteiger partial charge on any atom is -0.467 e. The lowest BCUT2D eigenvalue weighted by molar-refractivity contribution is 0.501. The molecule has 0 spiro atoms. The average molecular weight is 268 g/mol. The molecule has 0 bridgehead atoms. The zero-order valence-corrected chi connectivity index (χ0v) is 11.0. The number of furan rings is 1. The molecule has 102 valence electrons. The van der Waals surface area contributed by atoms with E-state index in [0.717, 1.165) is 34.6 Å². The Balaban J connectivity index is 1.75. The molecular formula is C15H16N4O. The summed E-state index contributed by atoms with van der Waals surface area (Å²) in [6.07, 6.45) is 5.92. The number of fused-ring (bicyclic) bond motifs is 1. The van der Waals surface area contributed by atoms with E-state index in [1.54, 1.807) is 12.5 Å². The van der Waals surface area contributed by atoms with E-state index in [9.17, 15) is 0 Å². The van der Waals surface area contributed by atoms with Gasteiger partial charge in [0.05, 0.1) is 35.9 Å². The normalized spacial score (nSPS) is 14.8. The lowest BCUT2D eigenvalue weighted by Gasteiger charge is -2.25. The average Bonchev–Trinajstić information content (AvgIpc) is 2.97. The van der Waals surface area contributed by atoms with Crippen molar-refractivity contribution in [1.29, 1.82) is 0 Å². The summed E-state index contributed by atoms with van der Waals surface area (Å²) in [5.74, 6) is 0.959. The van der Waals surface area contributed by atoms with Crippen LogP contribution in [-0.2, 0) is 6.54 Å². The number of nitrogen functional groups attached to an aromatic ring is 1. The molecule has 1 aromatic carbocycles. The molecule has 3 N–H and O–H groups in total. The molecule has 5 nitrogen and oxygen atoms in total. The summed E-state index contributed by atoms with van der Waals surface area (Å²) >= 11 is 0. The van der Waals surface area contributed by atoms with Crippen molar-refractivity contribution in [1.82, 2.24) is 10.2 Å². The number of nitrogens with one attached hydrogen (secondary N) is 1. The smallest absolute Gasteiger partial charge is 0.123 e.